The van der Waals surface area contributed by atoms with Crippen LogP contribution in [0.4, 0.5) is 0 Å². The number of hydrogen-bond acceptors (Lipinski definition) is 6. The van der Waals surface area contributed by atoms with Crippen molar-refractivity contribution in [1.82, 2.24) is 4.98 Å². The standard InChI is InChI=1S/C14H11NO5/c16-9-4-3-7(6-10(9)17)13-12(19)11(18)8-2-1-5-15-14(8)20-13/h1-6,12-13,16-17,19H. The first-order valence-corrected chi connectivity index (χ1v) is 5.94. The van der Waals surface area contributed by atoms with E-state index in [-0.39, 0.29) is 22.9 Å². The van der Waals surface area contributed by atoms with E-state index < -0.39 is 18.0 Å². The molecular weight excluding hydrogens is 262 g/mol. The molecule has 6 heteroatoms. The number of carbonyl (C=O) groups is 1. The molecule has 1 aromatic carbocycles. The smallest absolute Gasteiger partial charge is 0.225 e. The summed E-state index contributed by atoms with van der Waals surface area (Å²) in [6, 6.07) is 7.08. The van der Waals surface area contributed by atoms with E-state index in [4.69, 9.17) is 4.74 Å². The number of pyridine rings is 1. The molecule has 0 saturated heterocycles. The minimum absolute atomic E-state index is 0.139. The zero-order valence-corrected chi connectivity index (χ0v) is 10.2. The van der Waals surface area contributed by atoms with Crippen molar-refractivity contribution in [3.05, 3.63) is 47.7 Å². The quantitative estimate of drug-likeness (QED) is 0.674. The van der Waals surface area contributed by atoms with Crippen LogP contribution in [0.2, 0.25) is 0 Å². The summed E-state index contributed by atoms with van der Waals surface area (Å²) in [5, 5.41) is 28.8. The molecule has 0 saturated carbocycles. The van der Waals surface area contributed by atoms with E-state index >= 15 is 0 Å². The van der Waals surface area contributed by atoms with Crippen LogP contribution in [0.25, 0.3) is 0 Å². The van der Waals surface area contributed by atoms with Crippen molar-refractivity contribution in [3.8, 4) is 17.4 Å². The largest absolute Gasteiger partial charge is 0.504 e. The number of hydrogen-bond donors (Lipinski definition) is 3. The van der Waals surface area contributed by atoms with E-state index in [1.54, 1.807) is 6.07 Å². The van der Waals surface area contributed by atoms with Gasteiger partial charge in [0.15, 0.2) is 23.7 Å². The molecule has 0 spiro atoms. The van der Waals surface area contributed by atoms with Crippen LogP contribution in [0.3, 0.4) is 0 Å². The maximum absolute atomic E-state index is 12.1. The van der Waals surface area contributed by atoms with E-state index in [2.05, 4.69) is 4.98 Å². The van der Waals surface area contributed by atoms with Crippen LogP contribution >= 0.6 is 0 Å². The third kappa shape index (κ3) is 1.86. The van der Waals surface area contributed by atoms with Gasteiger partial charge in [0.1, 0.15) is 0 Å². The monoisotopic (exact) mass is 273 g/mol. The zero-order valence-electron chi connectivity index (χ0n) is 10.2. The molecule has 2 heterocycles. The van der Waals surface area contributed by atoms with Gasteiger partial charge in [0.05, 0.1) is 5.56 Å². The Morgan fingerprint density at radius 2 is 1.95 bits per heavy atom. The van der Waals surface area contributed by atoms with Crippen molar-refractivity contribution in [2.24, 2.45) is 0 Å². The lowest BCUT2D eigenvalue weighted by molar-refractivity contribution is 0.0194. The van der Waals surface area contributed by atoms with Gasteiger partial charge < -0.3 is 20.1 Å². The number of Topliss-reactive ketones (excluding diaryl/α,β-unsaturated/α-hetero) is 1. The van der Waals surface area contributed by atoms with Crippen molar-refractivity contribution < 1.29 is 24.9 Å². The number of aromatic nitrogens is 1. The molecule has 0 amide bonds. The normalized spacial score (nSPS) is 21.1. The molecule has 3 rings (SSSR count). The van der Waals surface area contributed by atoms with Crippen LogP contribution in [0.1, 0.15) is 22.0 Å². The van der Waals surface area contributed by atoms with E-state index in [0.29, 0.717) is 5.56 Å². The van der Waals surface area contributed by atoms with Gasteiger partial charge in [0.2, 0.25) is 11.7 Å². The number of ether oxygens (including phenoxy) is 1. The van der Waals surface area contributed by atoms with Gasteiger partial charge in [-0.3, -0.25) is 4.79 Å². The van der Waals surface area contributed by atoms with Crippen LogP contribution in [0, 0.1) is 0 Å². The average molecular weight is 273 g/mol. The topological polar surface area (TPSA) is 99.9 Å². The minimum Gasteiger partial charge on any atom is -0.504 e. The number of aliphatic hydroxyl groups is 1. The maximum Gasteiger partial charge on any atom is 0.225 e. The molecule has 102 valence electrons. The van der Waals surface area contributed by atoms with Crippen LogP contribution in [-0.2, 0) is 0 Å². The number of phenols is 2. The number of fused-ring (bicyclic) bond motifs is 1. The van der Waals surface area contributed by atoms with Crippen molar-refractivity contribution in [1.29, 1.82) is 0 Å². The van der Waals surface area contributed by atoms with Gasteiger partial charge in [-0.15, -0.1) is 0 Å². The summed E-state index contributed by atoms with van der Waals surface area (Å²) in [5.41, 5.74) is 0.594. The maximum atomic E-state index is 12.1. The molecule has 0 bridgehead atoms. The number of benzene rings is 1. The first-order chi connectivity index (χ1) is 9.58. The number of rotatable bonds is 1. The second-order valence-corrected chi connectivity index (χ2v) is 4.45. The number of ketones is 1. The molecule has 2 aromatic rings. The summed E-state index contributed by atoms with van der Waals surface area (Å²) < 4.78 is 5.52. The van der Waals surface area contributed by atoms with Crippen LogP contribution in [0.5, 0.6) is 17.4 Å². The first-order valence-electron chi connectivity index (χ1n) is 5.94. The molecule has 1 aromatic heterocycles. The van der Waals surface area contributed by atoms with Crippen LogP contribution in [-0.4, -0.2) is 32.2 Å². The first kappa shape index (κ1) is 12.4. The van der Waals surface area contributed by atoms with Crippen molar-refractivity contribution in [2.45, 2.75) is 12.2 Å². The summed E-state index contributed by atoms with van der Waals surface area (Å²) in [5.74, 6) is -0.987. The lowest BCUT2D eigenvalue weighted by atomic mass is 9.95. The minimum atomic E-state index is -1.39. The summed E-state index contributed by atoms with van der Waals surface area (Å²) in [6.45, 7) is 0. The van der Waals surface area contributed by atoms with Gasteiger partial charge in [-0.1, -0.05) is 6.07 Å². The van der Waals surface area contributed by atoms with Crippen LogP contribution < -0.4 is 4.74 Å². The fourth-order valence-electron chi connectivity index (χ4n) is 2.12. The van der Waals surface area contributed by atoms with Gasteiger partial charge >= 0.3 is 0 Å². The lowest BCUT2D eigenvalue weighted by Gasteiger charge is -2.28. The Balaban J connectivity index is 2.03. The predicted molar refractivity (Wildman–Crippen MR) is 67.7 cm³/mol. The number of phenolic OH excluding ortho intramolecular Hbond substituents is 2. The van der Waals surface area contributed by atoms with Crippen molar-refractivity contribution in [2.75, 3.05) is 0 Å². The second-order valence-electron chi connectivity index (χ2n) is 4.45. The van der Waals surface area contributed by atoms with Crippen LogP contribution in [0.15, 0.2) is 36.5 Å². The third-order valence-corrected chi connectivity index (χ3v) is 3.16. The Hall–Kier alpha value is -2.60. The third-order valence-electron chi connectivity index (χ3n) is 3.16. The molecule has 0 fully saturated rings. The number of carbonyl (C=O) groups excluding carboxylic acids is 1. The Bertz CT molecular complexity index is 685. The number of nitrogens with zero attached hydrogens (tertiary/aromatic N) is 1. The van der Waals surface area contributed by atoms with Crippen molar-refractivity contribution in [3.63, 3.8) is 0 Å². The van der Waals surface area contributed by atoms with Gasteiger partial charge in [-0.05, 0) is 29.8 Å². The molecule has 6 nitrogen and oxygen atoms in total. The van der Waals surface area contributed by atoms with E-state index in [1.807, 2.05) is 0 Å². The van der Waals surface area contributed by atoms with Gasteiger partial charge in [0.25, 0.3) is 0 Å². The van der Waals surface area contributed by atoms with E-state index in [9.17, 15) is 20.1 Å². The molecule has 2 unspecified atom stereocenters. The summed E-state index contributed by atoms with van der Waals surface area (Å²) in [4.78, 5) is 16.0. The van der Waals surface area contributed by atoms with Crippen molar-refractivity contribution >= 4 is 5.78 Å². The highest BCUT2D eigenvalue weighted by Gasteiger charge is 2.37. The highest BCUT2D eigenvalue weighted by atomic mass is 16.5. The highest BCUT2D eigenvalue weighted by Crippen LogP contribution is 2.36. The summed E-state index contributed by atoms with van der Waals surface area (Å²) in [7, 11) is 0. The average Bonchev–Trinajstić information content (AvgIpc) is 2.46. The Labute approximate surface area is 113 Å². The molecule has 1 aliphatic rings. The number of aromatic hydroxyl groups is 2. The SMILES string of the molecule is O=C1c2cccnc2OC(c2ccc(O)c(O)c2)C1O. The summed E-state index contributed by atoms with van der Waals surface area (Å²) in [6.07, 6.45) is -0.887. The predicted octanol–water partition coefficient (Wildman–Crippen LogP) is 1.17. The van der Waals surface area contributed by atoms with Gasteiger partial charge in [0, 0.05) is 6.20 Å². The van der Waals surface area contributed by atoms with E-state index in [1.165, 1.54) is 30.5 Å². The van der Waals surface area contributed by atoms with Gasteiger partial charge in [-0.2, -0.15) is 0 Å². The molecular formula is C14H11NO5. The number of aliphatic hydroxyl groups excluding tert-OH is 1. The molecule has 2 atom stereocenters. The fourth-order valence-corrected chi connectivity index (χ4v) is 2.12. The second kappa shape index (κ2) is 4.50. The molecule has 20 heavy (non-hydrogen) atoms. The molecule has 1 aliphatic heterocycles. The van der Waals surface area contributed by atoms with Gasteiger partial charge in [-0.25, -0.2) is 4.98 Å². The highest BCUT2D eigenvalue weighted by molar-refractivity contribution is 6.02. The Morgan fingerprint density at radius 1 is 1.15 bits per heavy atom. The molecule has 0 radical (unpaired) electrons. The van der Waals surface area contributed by atoms with E-state index in [0.717, 1.165) is 0 Å². The molecule has 0 aliphatic carbocycles. The summed E-state index contributed by atoms with van der Waals surface area (Å²) >= 11 is 0. The Morgan fingerprint density at radius 3 is 2.70 bits per heavy atom. The molecule has 3 N–H and O–H groups in total. The fraction of sp³-hybridized carbons (Fsp3) is 0.143. The zero-order chi connectivity index (χ0) is 14.3. The lowest BCUT2D eigenvalue weighted by Crippen LogP contribution is -2.36. The Kier molecular flexibility index (Phi) is 2.80.